The monoisotopic (exact) mass is 489 g/mol. The molecule has 36 heavy (non-hydrogen) atoms. The summed E-state index contributed by atoms with van der Waals surface area (Å²) >= 11 is 0. The smallest absolute Gasteiger partial charge is 0.273 e. The van der Waals surface area contributed by atoms with Crippen LogP contribution in [0.2, 0.25) is 0 Å². The van der Waals surface area contributed by atoms with Gasteiger partial charge in [0.1, 0.15) is 17.1 Å². The summed E-state index contributed by atoms with van der Waals surface area (Å²) in [5, 5.41) is 18.3. The zero-order valence-corrected chi connectivity index (χ0v) is 21.6. The molecule has 0 aliphatic carbocycles. The molecule has 0 radical (unpaired) electrons. The average molecular weight is 490 g/mol. The summed E-state index contributed by atoms with van der Waals surface area (Å²) in [5.74, 6) is 1.34. The van der Waals surface area contributed by atoms with E-state index in [0.717, 1.165) is 41.5 Å². The van der Waals surface area contributed by atoms with Crippen molar-refractivity contribution in [2.24, 2.45) is 0 Å². The van der Waals surface area contributed by atoms with Gasteiger partial charge < -0.3 is 19.5 Å². The number of ether oxygens (including phenoxy) is 2. The maximum atomic E-state index is 13.4. The van der Waals surface area contributed by atoms with Crippen molar-refractivity contribution in [2.75, 3.05) is 19.8 Å². The molecule has 3 aromatic rings. The van der Waals surface area contributed by atoms with Crippen LogP contribution < -0.4 is 9.47 Å². The lowest BCUT2D eigenvalue weighted by atomic mass is 9.94. The molecule has 190 valence electrons. The zero-order chi connectivity index (χ0) is 25.8. The highest BCUT2D eigenvalue weighted by Gasteiger charge is 2.42. The van der Waals surface area contributed by atoms with Gasteiger partial charge in [-0.15, -0.1) is 6.58 Å². The number of aromatic amines is 1. The third-order valence-electron chi connectivity index (χ3n) is 6.48. The highest BCUT2D eigenvalue weighted by molar-refractivity contribution is 6.00. The summed E-state index contributed by atoms with van der Waals surface area (Å²) < 4.78 is 12.0. The van der Waals surface area contributed by atoms with Crippen LogP contribution in [0.25, 0.3) is 11.3 Å². The number of H-pyrrole nitrogens is 1. The number of nitrogens with zero attached hydrogens (tertiary/aromatic N) is 2. The summed E-state index contributed by atoms with van der Waals surface area (Å²) in [6.45, 7) is 13.3. The SMILES string of the molecule is C=CCN1C(=O)c2[nH]nc(-c3cc(C)cc(C)c3O)c2C1c1ccc(OCCCCC)c(OCC)c1. The lowest BCUT2D eigenvalue weighted by Crippen LogP contribution is -2.29. The van der Waals surface area contributed by atoms with Gasteiger partial charge in [-0.05, 0) is 62.1 Å². The molecule has 1 amide bonds. The van der Waals surface area contributed by atoms with Gasteiger partial charge in [0.2, 0.25) is 0 Å². The molecule has 1 aliphatic heterocycles. The number of fused-ring (bicyclic) bond motifs is 1. The fourth-order valence-corrected chi connectivity index (χ4v) is 4.83. The normalized spacial score (nSPS) is 14.7. The molecule has 1 unspecified atom stereocenters. The minimum absolute atomic E-state index is 0.157. The highest BCUT2D eigenvalue weighted by atomic mass is 16.5. The number of nitrogens with one attached hydrogen (secondary N) is 1. The second-order valence-corrected chi connectivity index (χ2v) is 9.18. The van der Waals surface area contributed by atoms with Gasteiger partial charge in [-0.3, -0.25) is 9.89 Å². The van der Waals surface area contributed by atoms with Crippen molar-refractivity contribution in [1.82, 2.24) is 15.1 Å². The van der Waals surface area contributed by atoms with Crippen LogP contribution in [0, 0.1) is 13.8 Å². The van der Waals surface area contributed by atoms with Gasteiger partial charge in [-0.25, -0.2) is 0 Å². The van der Waals surface area contributed by atoms with Gasteiger partial charge in [0, 0.05) is 17.7 Å². The summed E-state index contributed by atoms with van der Waals surface area (Å²) in [6.07, 6.45) is 4.93. The van der Waals surface area contributed by atoms with Gasteiger partial charge in [0.25, 0.3) is 5.91 Å². The van der Waals surface area contributed by atoms with Gasteiger partial charge in [-0.2, -0.15) is 5.10 Å². The molecule has 7 heteroatoms. The lowest BCUT2D eigenvalue weighted by Gasteiger charge is -2.26. The maximum Gasteiger partial charge on any atom is 0.273 e. The Morgan fingerprint density at radius 1 is 1.14 bits per heavy atom. The van der Waals surface area contributed by atoms with Crippen molar-refractivity contribution in [3.8, 4) is 28.5 Å². The Hall–Kier alpha value is -3.74. The van der Waals surface area contributed by atoms with E-state index in [-0.39, 0.29) is 11.7 Å². The van der Waals surface area contributed by atoms with Crippen LogP contribution in [-0.4, -0.2) is 45.9 Å². The predicted octanol–water partition coefficient (Wildman–Crippen LogP) is 6.10. The molecule has 1 aromatic heterocycles. The average Bonchev–Trinajstić information content (AvgIpc) is 3.39. The lowest BCUT2D eigenvalue weighted by molar-refractivity contribution is 0.0764. The summed E-state index contributed by atoms with van der Waals surface area (Å²) in [6, 6.07) is 9.22. The van der Waals surface area contributed by atoms with Gasteiger partial charge in [0.15, 0.2) is 11.5 Å². The van der Waals surface area contributed by atoms with Gasteiger partial charge >= 0.3 is 0 Å². The molecule has 1 atom stereocenters. The minimum Gasteiger partial charge on any atom is -0.507 e. The van der Waals surface area contributed by atoms with E-state index in [1.807, 2.05) is 51.1 Å². The number of hydrogen-bond acceptors (Lipinski definition) is 5. The van der Waals surface area contributed by atoms with E-state index in [1.165, 1.54) is 0 Å². The number of phenolic OH excluding ortho intramolecular Hbond substituents is 1. The topological polar surface area (TPSA) is 87.7 Å². The number of aromatic hydroxyl groups is 1. The van der Waals surface area contributed by atoms with Crippen molar-refractivity contribution < 1.29 is 19.4 Å². The number of hydrogen-bond donors (Lipinski definition) is 2. The summed E-state index contributed by atoms with van der Waals surface area (Å²) in [5.41, 5.74) is 4.97. The molecule has 0 saturated carbocycles. The molecule has 7 nitrogen and oxygen atoms in total. The van der Waals surface area contributed by atoms with E-state index in [1.54, 1.807) is 11.0 Å². The van der Waals surface area contributed by atoms with Crippen LogP contribution in [0.5, 0.6) is 17.2 Å². The van der Waals surface area contributed by atoms with E-state index < -0.39 is 6.04 Å². The van der Waals surface area contributed by atoms with E-state index in [9.17, 15) is 9.90 Å². The predicted molar refractivity (Wildman–Crippen MR) is 141 cm³/mol. The van der Waals surface area contributed by atoms with E-state index >= 15 is 0 Å². The Bertz CT molecular complexity index is 1260. The first kappa shape index (κ1) is 25.4. The van der Waals surface area contributed by atoms with Crippen LogP contribution in [0.1, 0.15) is 71.9 Å². The van der Waals surface area contributed by atoms with E-state index in [0.29, 0.717) is 48.2 Å². The summed E-state index contributed by atoms with van der Waals surface area (Å²) in [4.78, 5) is 15.2. The Morgan fingerprint density at radius 3 is 2.67 bits per heavy atom. The standard InChI is InChI=1S/C29H35N3O4/c1-6-9-10-14-36-22-12-11-20(17-23(22)35-8-3)27-24-25(21-16-18(4)15-19(5)28(21)33)30-31-26(24)29(34)32(27)13-7-2/h7,11-12,15-17,27,33H,2,6,8-10,13-14H2,1,3-5H3,(H,30,31). The molecular weight excluding hydrogens is 454 g/mol. The third-order valence-corrected chi connectivity index (χ3v) is 6.48. The third kappa shape index (κ3) is 4.70. The van der Waals surface area contributed by atoms with Crippen molar-refractivity contribution >= 4 is 5.91 Å². The Kier molecular flexibility index (Phi) is 7.67. The maximum absolute atomic E-state index is 13.4. The van der Waals surface area contributed by atoms with Crippen LogP contribution in [0.4, 0.5) is 0 Å². The van der Waals surface area contributed by atoms with Crippen molar-refractivity contribution in [3.05, 3.63) is 70.9 Å². The second-order valence-electron chi connectivity index (χ2n) is 9.18. The molecule has 0 bridgehead atoms. The first-order valence-corrected chi connectivity index (χ1v) is 12.6. The fraction of sp³-hybridized carbons (Fsp3) is 0.379. The van der Waals surface area contributed by atoms with Crippen LogP contribution in [-0.2, 0) is 0 Å². The van der Waals surface area contributed by atoms with Crippen LogP contribution in [0.3, 0.4) is 0 Å². The number of aromatic nitrogens is 2. The first-order chi connectivity index (χ1) is 17.4. The van der Waals surface area contributed by atoms with Crippen molar-refractivity contribution in [3.63, 3.8) is 0 Å². The molecule has 2 heterocycles. The molecule has 0 saturated heterocycles. The number of benzene rings is 2. The highest BCUT2D eigenvalue weighted by Crippen LogP contribution is 2.46. The number of unbranched alkanes of at least 4 members (excludes halogenated alkanes) is 2. The number of aryl methyl sites for hydroxylation is 2. The number of amides is 1. The van der Waals surface area contributed by atoms with E-state index in [2.05, 4.69) is 23.7 Å². The molecule has 4 rings (SSSR count). The number of rotatable bonds is 11. The minimum atomic E-state index is -0.423. The zero-order valence-electron chi connectivity index (χ0n) is 21.6. The summed E-state index contributed by atoms with van der Waals surface area (Å²) in [7, 11) is 0. The van der Waals surface area contributed by atoms with Crippen LogP contribution in [0.15, 0.2) is 43.0 Å². The molecule has 2 aromatic carbocycles. The van der Waals surface area contributed by atoms with Crippen molar-refractivity contribution in [1.29, 1.82) is 0 Å². The van der Waals surface area contributed by atoms with E-state index in [4.69, 9.17) is 9.47 Å². The molecule has 0 fully saturated rings. The number of carbonyl (C=O) groups is 1. The van der Waals surface area contributed by atoms with Gasteiger partial charge in [-0.1, -0.05) is 38.0 Å². The Labute approximate surface area is 212 Å². The number of phenols is 1. The van der Waals surface area contributed by atoms with Crippen LogP contribution >= 0.6 is 0 Å². The van der Waals surface area contributed by atoms with Crippen molar-refractivity contribution in [2.45, 2.75) is 53.0 Å². The fourth-order valence-electron chi connectivity index (χ4n) is 4.83. The quantitative estimate of drug-likeness (QED) is 0.251. The molecular formula is C29H35N3O4. The Balaban J connectivity index is 1.81. The number of carbonyl (C=O) groups excluding carboxylic acids is 1. The first-order valence-electron chi connectivity index (χ1n) is 12.6. The molecule has 2 N–H and O–H groups in total. The molecule has 1 aliphatic rings. The second kappa shape index (κ2) is 10.9. The Morgan fingerprint density at radius 2 is 1.94 bits per heavy atom. The largest absolute Gasteiger partial charge is 0.507 e. The van der Waals surface area contributed by atoms with Gasteiger partial charge in [0.05, 0.1) is 19.3 Å². The molecule has 0 spiro atoms.